The topological polar surface area (TPSA) is 39.9 Å². The number of piperazine rings is 1. The number of benzene rings is 2. The van der Waals surface area contributed by atoms with Crippen molar-refractivity contribution in [3.8, 4) is 0 Å². The van der Waals surface area contributed by atoms with Gasteiger partial charge in [0.05, 0.1) is 0 Å². The van der Waals surface area contributed by atoms with E-state index in [0.717, 1.165) is 54.8 Å². The van der Waals surface area contributed by atoms with E-state index in [1.807, 2.05) is 30.3 Å². The van der Waals surface area contributed by atoms with Gasteiger partial charge in [0.1, 0.15) is 23.3 Å². The van der Waals surface area contributed by atoms with Crippen LogP contribution in [0.1, 0.15) is 24.4 Å². The van der Waals surface area contributed by atoms with E-state index in [2.05, 4.69) is 22.8 Å². The minimum Gasteiger partial charge on any atom is -0.458 e. The number of rotatable bonds is 5. The van der Waals surface area contributed by atoms with Crippen molar-refractivity contribution < 1.29 is 13.9 Å². The summed E-state index contributed by atoms with van der Waals surface area (Å²) in [6.07, 6.45) is 0.201. The molecule has 0 saturated carbocycles. The molecule has 1 atom stereocenters. The Hall–Kier alpha value is -2.37. The third-order valence-corrected chi connectivity index (χ3v) is 5.38. The first-order valence-electron chi connectivity index (χ1n) is 9.57. The number of hydrogen-bond acceptors (Lipinski definition) is 4. The fourth-order valence-electron chi connectivity index (χ4n) is 3.92. The van der Waals surface area contributed by atoms with Crippen LogP contribution in [0.3, 0.4) is 0 Å². The van der Waals surface area contributed by atoms with E-state index in [4.69, 9.17) is 4.42 Å². The van der Waals surface area contributed by atoms with E-state index in [-0.39, 0.29) is 5.82 Å². The van der Waals surface area contributed by atoms with Crippen molar-refractivity contribution in [2.75, 3.05) is 37.6 Å². The normalized spacial score (nSPS) is 16.8. The summed E-state index contributed by atoms with van der Waals surface area (Å²) in [5, 5.41) is 11.9. The highest BCUT2D eigenvalue weighted by Gasteiger charge is 2.24. The molecule has 1 aromatic heterocycles. The van der Waals surface area contributed by atoms with Gasteiger partial charge < -0.3 is 14.4 Å². The van der Waals surface area contributed by atoms with Gasteiger partial charge >= 0.3 is 0 Å². The minimum absolute atomic E-state index is 0.210. The second-order valence-corrected chi connectivity index (χ2v) is 7.07. The molecule has 5 heteroatoms. The maximum Gasteiger partial charge on any atom is 0.138 e. The molecule has 4 nitrogen and oxygen atoms in total. The minimum atomic E-state index is -0.635. The van der Waals surface area contributed by atoms with Crippen LogP contribution < -0.4 is 4.90 Å². The lowest BCUT2D eigenvalue weighted by molar-refractivity contribution is 0.0921. The molecule has 142 valence electrons. The van der Waals surface area contributed by atoms with Gasteiger partial charge in [-0.15, -0.1) is 0 Å². The summed E-state index contributed by atoms with van der Waals surface area (Å²) in [4.78, 5) is 4.51. The van der Waals surface area contributed by atoms with E-state index in [1.165, 1.54) is 12.1 Å². The maximum absolute atomic E-state index is 13.1. The van der Waals surface area contributed by atoms with Gasteiger partial charge in [-0.3, -0.25) is 4.90 Å². The molecule has 0 amide bonds. The highest BCUT2D eigenvalue weighted by atomic mass is 19.1. The Labute approximate surface area is 158 Å². The summed E-state index contributed by atoms with van der Waals surface area (Å²) >= 11 is 0. The fourth-order valence-corrected chi connectivity index (χ4v) is 3.92. The zero-order chi connectivity index (χ0) is 18.8. The van der Waals surface area contributed by atoms with Crippen molar-refractivity contribution in [2.45, 2.75) is 19.4 Å². The van der Waals surface area contributed by atoms with Gasteiger partial charge in [-0.2, -0.15) is 0 Å². The molecule has 1 saturated heterocycles. The van der Waals surface area contributed by atoms with Crippen molar-refractivity contribution in [2.24, 2.45) is 0 Å². The third-order valence-electron chi connectivity index (χ3n) is 5.38. The summed E-state index contributed by atoms with van der Waals surface area (Å²) in [6.45, 7) is 6.09. The fraction of sp³-hybridized carbons (Fsp3) is 0.364. The van der Waals surface area contributed by atoms with Gasteiger partial charge in [-0.05, 0) is 36.8 Å². The monoisotopic (exact) mass is 368 g/mol. The van der Waals surface area contributed by atoms with Gasteiger partial charge in [0.15, 0.2) is 0 Å². The SMILES string of the molecule is CCc1c(C(O)CN2CCN(c3ccc(F)cc3)CC2)oc2ccccc12. The van der Waals surface area contributed by atoms with Crippen molar-refractivity contribution in [3.63, 3.8) is 0 Å². The number of furan rings is 1. The van der Waals surface area contributed by atoms with Crippen LogP contribution in [0.2, 0.25) is 0 Å². The molecule has 1 fully saturated rings. The van der Waals surface area contributed by atoms with Crippen LogP contribution in [0.25, 0.3) is 11.0 Å². The zero-order valence-corrected chi connectivity index (χ0v) is 15.6. The van der Waals surface area contributed by atoms with E-state index in [9.17, 15) is 9.50 Å². The Morgan fingerprint density at radius 2 is 1.74 bits per heavy atom. The molecule has 0 spiro atoms. The number of fused-ring (bicyclic) bond motifs is 1. The van der Waals surface area contributed by atoms with Crippen LogP contribution in [0.4, 0.5) is 10.1 Å². The number of para-hydroxylation sites is 1. The first-order chi connectivity index (χ1) is 13.2. The summed E-state index contributed by atoms with van der Waals surface area (Å²) in [5.74, 6) is 0.484. The Morgan fingerprint density at radius 3 is 2.44 bits per heavy atom. The summed E-state index contributed by atoms with van der Waals surface area (Å²) in [5.41, 5.74) is 2.98. The molecule has 1 unspecified atom stereocenters. The number of β-amino-alcohol motifs (C(OH)–C–C–N with tert-alkyl or cyclic N) is 1. The molecule has 1 aliphatic heterocycles. The molecule has 0 aliphatic carbocycles. The first-order valence-corrected chi connectivity index (χ1v) is 9.57. The second kappa shape index (κ2) is 7.71. The first kappa shape index (κ1) is 18.0. The average molecular weight is 368 g/mol. The molecule has 4 rings (SSSR count). The van der Waals surface area contributed by atoms with Crippen LogP contribution in [0, 0.1) is 5.82 Å². The lowest BCUT2D eigenvalue weighted by Gasteiger charge is -2.36. The molecule has 2 aromatic carbocycles. The zero-order valence-electron chi connectivity index (χ0n) is 15.6. The van der Waals surface area contributed by atoms with Crippen molar-refractivity contribution in [1.82, 2.24) is 4.90 Å². The van der Waals surface area contributed by atoms with E-state index in [1.54, 1.807) is 0 Å². The van der Waals surface area contributed by atoms with E-state index in [0.29, 0.717) is 12.3 Å². The highest BCUT2D eigenvalue weighted by Crippen LogP contribution is 2.31. The Bertz CT molecular complexity index is 898. The van der Waals surface area contributed by atoms with Gasteiger partial charge in [0.25, 0.3) is 0 Å². The molecule has 0 radical (unpaired) electrons. The largest absolute Gasteiger partial charge is 0.458 e. The van der Waals surface area contributed by atoms with Crippen LogP contribution in [0.5, 0.6) is 0 Å². The highest BCUT2D eigenvalue weighted by molar-refractivity contribution is 5.82. The Morgan fingerprint density at radius 1 is 1.04 bits per heavy atom. The van der Waals surface area contributed by atoms with Crippen molar-refractivity contribution in [1.29, 1.82) is 0 Å². The van der Waals surface area contributed by atoms with Crippen molar-refractivity contribution >= 4 is 16.7 Å². The maximum atomic E-state index is 13.1. The summed E-state index contributed by atoms with van der Waals surface area (Å²) in [7, 11) is 0. The lowest BCUT2D eigenvalue weighted by atomic mass is 10.1. The molecule has 1 aliphatic rings. The van der Waals surface area contributed by atoms with Crippen LogP contribution in [0.15, 0.2) is 52.9 Å². The molecular formula is C22H25FN2O2. The predicted octanol–water partition coefficient (Wildman–Crippen LogP) is 3.99. The molecule has 2 heterocycles. The molecular weight excluding hydrogens is 343 g/mol. The van der Waals surface area contributed by atoms with E-state index >= 15 is 0 Å². The number of aryl methyl sites for hydroxylation is 1. The second-order valence-electron chi connectivity index (χ2n) is 7.07. The Kier molecular flexibility index (Phi) is 5.14. The van der Waals surface area contributed by atoms with Crippen LogP contribution >= 0.6 is 0 Å². The lowest BCUT2D eigenvalue weighted by Crippen LogP contribution is -2.47. The summed E-state index contributed by atoms with van der Waals surface area (Å²) < 4.78 is 19.1. The summed E-state index contributed by atoms with van der Waals surface area (Å²) in [6, 6.07) is 14.6. The average Bonchev–Trinajstić information content (AvgIpc) is 3.08. The molecule has 3 aromatic rings. The standard InChI is InChI=1S/C22H25FN2O2/c1-2-18-19-5-3-4-6-21(19)27-22(18)20(26)15-24-11-13-25(14-12-24)17-9-7-16(23)8-10-17/h3-10,20,26H,2,11-15H2,1H3. The van der Waals surface area contributed by atoms with Gasteiger partial charge in [-0.1, -0.05) is 25.1 Å². The van der Waals surface area contributed by atoms with Gasteiger partial charge in [0.2, 0.25) is 0 Å². The molecule has 27 heavy (non-hydrogen) atoms. The number of aliphatic hydroxyl groups is 1. The molecule has 1 N–H and O–H groups in total. The smallest absolute Gasteiger partial charge is 0.138 e. The van der Waals surface area contributed by atoms with Gasteiger partial charge in [-0.25, -0.2) is 4.39 Å². The number of anilines is 1. The van der Waals surface area contributed by atoms with Crippen LogP contribution in [-0.4, -0.2) is 42.7 Å². The molecule has 0 bridgehead atoms. The third kappa shape index (κ3) is 3.70. The Balaban J connectivity index is 1.41. The van der Waals surface area contributed by atoms with Crippen LogP contribution in [-0.2, 0) is 6.42 Å². The predicted molar refractivity (Wildman–Crippen MR) is 106 cm³/mol. The quantitative estimate of drug-likeness (QED) is 0.739. The number of nitrogens with zero attached hydrogens (tertiary/aromatic N) is 2. The number of hydrogen-bond donors (Lipinski definition) is 1. The number of aliphatic hydroxyl groups excluding tert-OH is 1. The van der Waals surface area contributed by atoms with Gasteiger partial charge in [0, 0.05) is 49.4 Å². The van der Waals surface area contributed by atoms with Crippen molar-refractivity contribution in [3.05, 3.63) is 65.7 Å². The van der Waals surface area contributed by atoms with E-state index < -0.39 is 6.10 Å². The number of halogens is 1.